The molecule has 110 valence electrons. The van der Waals surface area contributed by atoms with Gasteiger partial charge in [-0.05, 0) is 20.8 Å². The van der Waals surface area contributed by atoms with E-state index < -0.39 is 10.9 Å². The highest BCUT2D eigenvalue weighted by Crippen LogP contribution is 2.24. The number of nitrogens with zero attached hydrogens (tertiary/aromatic N) is 4. The molecular formula is C13H14N4O4. The Hall–Kier alpha value is -2.77. The molecule has 0 saturated carbocycles. The van der Waals surface area contributed by atoms with Crippen LogP contribution in [0.1, 0.15) is 32.9 Å². The lowest BCUT2D eigenvalue weighted by molar-refractivity contribution is -0.386. The van der Waals surface area contributed by atoms with Gasteiger partial charge in [0, 0.05) is 11.8 Å². The van der Waals surface area contributed by atoms with Crippen molar-refractivity contribution in [3.8, 4) is 0 Å². The number of nitro groups is 1. The summed E-state index contributed by atoms with van der Waals surface area (Å²) in [6.07, 6.45) is 2.70. The van der Waals surface area contributed by atoms with Crippen molar-refractivity contribution in [2.45, 2.75) is 27.3 Å². The van der Waals surface area contributed by atoms with Crippen molar-refractivity contribution in [3.05, 3.63) is 50.6 Å². The first-order valence-corrected chi connectivity index (χ1v) is 6.18. The zero-order chi connectivity index (χ0) is 15.7. The van der Waals surface area contributed by atoms with Gasteiger partial charge in [-0.25, -0.2) is 4.79 Å². The number of hydrogen-bond acceptors (Lipinski definition) is 5. The molecule has 2 aromatic heterocycles. The summed E-state index contributed by atoms with van der Waals surface area (Å²) < 4.78 is 1.47. The van der Waals surface area contributed by atoms with Crippen molar-refractivity contribution < 1.29 is 14.8 Å². The molecule has 2 aromatic rings. The van der Waals surface area contributed by atoms with Crippen LogP contribution in [-0.2, 0) is 6.54 Å². The maximum atomic E-state index is 11.1. The van der Waals surface area contributed by atoms with Gasteiger partial charge < -0.3 is 5.11 Å². The fourth-order valence-electron chi connectivity index (χ4n) is 2.16. The molecule has 0 spiro atoms. The molecule has 0 radical (unpaired) electrons. The van der Waals surface area contributed by atoms with E-state index in [2.05, 4.69) is 10.1 Å². The molecule has 2 rings (SSSR count). The van der Waals surface area contributed by atoms with Crippen molar-refractivity contribution in [1.82, 2.24) is 14.8 Å². The Bertz CT molecular complexity index is 736. The molecule has 8 nitrogen and oxygen atoms in total. The van der Waals surface area contributed by atoms with Crippen LogP contribution in [0.4, 0.5) is 5.69 Å². The summed E-state index contributed by atoms with van der Waals surface area (Å²) in [5.41, 5.74) is 2.07. The number of aryl methyl sites for hydroxylation is 1. The van der Waals surface area contributed by atoms with E-state index in [1.165, 1.54) is 17.1 Å². The highest BCUT2D eigenvalue weighted by molar-refractivity contribution is 5.88. The lowest BCUT2D eigenvalue weighted by Gasteiger charge is -2.09. The first-order valence-electron chi connectivity index (χ1n) is 6.18. The van der Waals surface area contributed by atoms with Gasteiger partial charge in [0.05, 0.1) is 34.6 Å². The molecule has 0 atom stereocenters. The molecule has 0 aliphatic rings. The standard InChI is InChI=1S/C13H14N4O4/c1-7-4-14-11(8(2)12(7)17(20)21)6-16-9(3)10(5-15-16)13(18)19/h4-5H,6H2,1-3H3,(H,18,19). The number of pyridine rings is 1. The summed E-state index contributed by atoms with van der Waals surface area (Å²) in [5, 5.41) is 24.1. The third-order valence-corrected chi connectivity index (χ3v) is 3.39. The fourth-order valence-corrected chi connectivity index (χ4v) is 2.16. The van der Waals surface area contributed by atoms with Crippen molar-refractivity contribution in [2.24, 2.45) is 0 Å². The third kappa shape index (κ3) is 2.60. The first kappa shape index (κ1) is 14.6. The zero-order valence-corrected chi connectivity index (χ0v) is 11.8. The predicted molar refractivity (Wildman–Crippen MR) is 73.4 cm³/mol. The summed E-state index contributed by atoms with van der Waals surface area (Å²) in [6, 6.07) is 0. The van der Waals surface area contributed by atoms with Crippen molar-refractivity contribution in [3.63, 3.8) is 0 Å². The Morgan fingerprint density at radius 1 is 1.38 bits per heavy atom. The van der Waals surface area contributed by atoms with E-state index in [0.717, 1.165) is 0 Å². The van der Waals surface area contributed by atoms with E-state index >= 15 is 0 Å². The van der Waals surface area contributed by atoms with E-state index in [0.29, 0.717) is 22.5 Å². The maximum Gasteiger partial charge on any atom is 0.339 e. The molecule has 0 saturated heterocycles. The van der Waals surface area contributed by atoms with E-state index in [1.54, 1.807) is 20.8 Å². The van der Waals surface area contributed by atoms with E-state index in [-0.39, 0.29) is 17.8 Å². The van der Waals surface area contributed by atoms with Gasteiger partial charge in [0.2, 0.25) is 0 Å². The van der Waals surface area contributed by atoms with Gasteiger partial charge >= 0.3 is 5.97 Å². The van der Waals surface area contributed by atoms with Crippen LogP contribution >= 0.6 is 0 Å². The average Bonchev–Trinajstić information content (AvgIpc) is 2.74. The van der Waals surface area contributed by atoms with Gasteiger partial charge in [-0.15, -0.1) is 0 Å². The second-order valence-electron chi connectivity index (χ2n) is 4.73. The number of carboxylic acids is 1. The van der Waals surface area contributed by atoms with Crippen molar-refractivity contribution >= 4 is 11.7 Å². The number of carboxylic acid groups (broad SMARTS) is 1. The van der Waals surface area contributed by atoms with Crippen molar-refractivity contribution in [1.29, 1.82) is 0 Å². The molecule has 0 bridgehead atoms. The second-order valence-corrected chi connectivity index (χ2v) is 4.73. The zero-order valence-electron chi connectivity index (χ0n) is 11.8. The maximum absolute atomic E-state index is 11.1. The minimum absolute atomic E-state index is 0.0308. The van der Waals surface area contributed by atoms with Crippen LogP contribution in [0.3, 0.4) is 0 Å². The minimum Gasteiger partial charge on any atom is -0.478 e. The number of aromatic carboxylic acids is 1. The lowest BCUT2D eigenvalue weighted by Crippen LogP contribution is -2.10. The molecular weight excluding hydrogens is 276 g/mol. The van der Waals surface area contributed by atoms with Crippen LogP contribution in [0, 0.1) is 30.9 Å². The molecule has 0 amide bonds. The summed E-state index contributed by atoms with van der Waals surface area (Å²) in [6.45, 7) is 5.08. The SMILES string of the molecule is Cc1cnc(Cn2ncc(C(=O)O)c2C)c(C)c1[N+](=O)[O-]. The highest BCUT2D eigenvalue weighted by Gasteiger charge is 2.20. The normalized spacial score (nSPS) is 10.6. The van der Waals surface area contributed by atoms with Crippen LogP contribution < -0.4 is 0 Å². The van der Waals surface area contributed by atoms with Gasteiger partial charge in [0.25, 0.3) is 5.69 Å². The molecule has 0 aliphatic heterocycles. The topological polar surface area (TPSA) is 111 Å². The van der Waals surface area contributed by atoms with Crippen LogP contribution in [0.15, 0.2) is 12.4 Å². The molecule has 0 unspecified atom stereocenters. The largest absolute Gasteiger partial charge is 0.478 e. The smallest absolute Gasteiger partial charge is 0.339 e. The molecule has 21 heavy (non-hydrogen) atoms. The molecule has 0 fully saturated rings. The van der Waals surface area contributed by atoms with Crippen LogP contribution in [0.2, 0.25) is 0 Å². The summed E-state index contributed by atoms with van der Waals surface area (Å²) in [7, 11) is 0. The monoisotopic (exact) mass is 290 g/mol. The Labute approximate surface area is 120 Å². The number of aromatic nitrogens is 3. The fraction of sp³-hybridized carbons (Fsp3) is 0.308. The van der Waals surface area contributed by atoms with Gasteiger partial charge in [-0.2, -0.15) is 5.10 Å². The van der Waals surface area contributed by atoms with E-state index in [4.69, 9.17) is 5.11 Å². The summed E-state index contributed by atoms with van der Waals surface area (Å²) >= 11 is 0. The Morgan fingerprint density at radius 3 is 2.57 bits per heavy atom. The quantitative estimate of drug-likeness (QED) is 0.679. The van der Waals surface area contributed by atoms with Gasteiger partial charge in [0.1, 0.15) is 5.56 Å². The molecule has 0 aliphatic carbocycles. The van der Waals surface area contributed by atoms with Crippen LogP contribution in [-0.4, -0.2) is 30.8 Å². The lowest BCUT2D eigenvalue weighted by atomic mass is 10.1. The van der Waals surface area contributed by atoms with Crippen LogP contribution in [0.5, 0.6) is 0 Å². The van der Waals surface area contributed by atoms with Gasteiger partial charge in [-0.1, -0.05) is 0 Å². The second kappa shape index (κ2) is 5.31. The van der Waals surface area contributed by atoms with Crippen LogP contribution in [0.25, 0.3) is 0 Å². The Morgan fingerprint density at radius 2 is 2.05 bits per heavy atom. The number of rotatable bonds is 4. The van der Waals surface area contributed by atoms with E-state index in [1.807, 2.05) is 0 Å². The molecule has 0 aromatic carbocycles. The number of hydrogen-bond donors (Lipinski definition) is 1. The number of carbonyl (C=O) groups is 1. The first-order chi connectivity index (χ1) is 9.82. The summed E-state index contributed by atoms with van der Waals surface area (Å²) in [4.78, 5) is 25.8. The summed E-state index contributed by atoms with van der Waals surface area (Å²) in [5.74, 6) is -1.06. The predicted octanol–water partition coefficient (Wildman–Crippen LogP) is 1.86. The molecule has 8 heteroatoms. The van der Waals surface area contributed by atoms with Gasteiger partial charge in [-0.3, -0.25) is 19.8 Å². The molecule has 2 heterocycles. The minimum atomic E-state index is -1.06. The van der Waals surface area contributed by atoms with Gasteiger partial charge in [0.15, 0.2) is 0 Å². The molecule has 1 N–H and O–H groups in total. The van der Waals surface area contributed by atoms with Crippen molar-refractivity contribution in [2.75, 3.05) is 0 Å². The Kier molecular flexibility index (Phi) is 3.70. The highest BCUT2D eigenvalue weighted by atomic mass is 16.6. The van der Waals surface area contributed by atoms with E-state index in [9.17, 15) is 14.9 Å². The Balaban J connectivity index is 2.43. The average molecular weight is 290 g/mol. The third-order valence-electron chi connectivity index (χ3n) is 3.39.